The predicted molar refractivity (Wildman–Crippen MR) is 120 cm³/mol. The van der Waals surface area contributed by atoms with Gasteiger partial charge in [-0.15, -0.1) is 0 Å². The number of amides is 1. The van der Waals surface area contributed by atoms with E-state index >= 15 is 0 Å². The molecule has 0 spiro atoms. The fraction of sp³-hybridized carbons (Fsp3) is 0.346. The molecule has 30 heavy (non-hydrogen) atoms. The zero-order valence-corrected chi connectivity index (χ0v) is 18.1. The first-order chi connectivity index (χ1) is 14.4. The lowest BCUT2D eigenvalue weighted by molar-refractivity contribution is -0.129. The average molecular weight is 404 g/mol. The van der Waals surface area contributed by atoms with Gasteiger partial charge in [0.25, 0.3) is 5.91 Å². The van der Waals surface area contributed by atoms with Crippen molar-refractivity contribution in [2.24, 2.45) is 0 Å². The van der Waals surface area contributed by atoms with Crippen molar-refractivity contribution in [1.29, 1.82) is 0 Å². The Morgan fingerprint density at radius 3 is 2.73 bits per heavy atom. The van der Waals surface area contributed by atoms with Gasteiger partial charge in [-0.2, -0.15) is 0 Å². The second kappa shape index (κ2) is 8.02. The SMILES string of the molecule is CC[C@H](Oc1cccc2ccccc12)C(=O)N[C@@H]1CC(C)(C)Oc2cc(C)ccc21. The van der Waals surface area contributed by atoms with Crippen molar-refractivity contribution in [3.05, 3.63) is 71.8 Å². The number of carbonyl (C=O) groups is 1. The third-order valence-corrected chi connectivity index (χ3v) is 5.63. The van der Waals surface area contributed by atoms with E-state index in [0.717, 1.165) is 33.4 Å². The molecular formula is C26H29NO3. The van der Waals surface area contributed by atoms with E-state index in [1.807, 2.05) is 62.4 Å². The maximum Gasteiger partial charge on any atom is 0.261 e. The van der Waals surface area contributed by atoms with Crippen molar-refractivity contribution in [1.82, 2.24) is 5.32 Å². The van der Waals surface area contributed by atoms with Crippen LogP contribution in [0.1, 0.15) is 50.8 Å². The second-order valence-electron chi connectivity index (χ2n) is 8.66. The Labute approximate surface area is 178 Å². The Bertz CT molecular complexity index is 1070. The molecule has 0 bridgehead atoms. The molecule has 0 aliphatic carbocycles. The molecule has 1 aliphatic rings. The molecule has 4 heteroatoms. The molecule has 1 N–H and O–H groups in total. The molecule has 2 atom stereocenters. The monoisotopic (exact) mass is 403 g/mol. The molecule has 0 aromatic heterocycles. The number of rotatable bonds is 5. The van der Waals surface area contributed by atoms with E-state index in [2.05, 4.69) is 31.3 Å². The van der Waals surface area contributed by atoms with Gasteiger partial charge >= 0.3 is 0 Å². The van der Waals surface area contributed by atoms with Crippen molar-refractivity contribution in [2.45, 2.75) is 58.3 Å². The summed E-state index contributed by atoms with van der Waals surface area (Å²) >= 11 is 0. The minimum Gasteiger partial charge on any atom is -0.487 e. The van der Waals surface area contributed by atoms with Crippen LogP contribution in [-0.4, -0.2) is 17.6 Å². The highest BCUT2D eigenvalue weighted by molar-refractivity contribution is 5.89. The van der Waals surface area contributed by atoms with Crippen LogP contribution < -0.4 is 14.8 Å². The van der Waals surface area contributed by atoms with Crippen LogP contribution >= 0.6 is 0 Å². The summed E-state index contributed by atoms with van der Waals surface area (Å²) in [5.41, 5.74) is 1.81. The number of ether oxygens (including phenoxy) is 2. The van der Waals surface area contributed by atoms with Crippen molar-refractivity contribution in [2.75, 3.05) is 0 Å². The van der Waals surface area contributed by atoms with Gasteiger partial charge in [-0.3, -0.25) is 4.79 Å². The normalized spacial score (nSPS) is 18.2. The van der Waals surface area contributed by atoms with E-state index in [1.165, 1.54) is 0 Å². The van der Waals surface area contributed by atoms with E-state index in [0.29, 0.717) is 12.8 Å². The van der Waals surface area contributed by atoms with Gasteiger partial charge in [0.15, 0.2) is 6.10 Å². The Morgan fingerprint density at radius 1 is 1.17 bits per heavy atom. The van der Waals surface area contributed by atoms with Gasteiger partial charge in [0.2, 0.25) is 0 Å². The van der Waals surface area contributed by atoms with Crippen LogP contribution in [-0.2, 0) is 4.79 Å². The van der Waals surface area contributed by atoms with Crippen LogP contribution in [0.2, 0.25) is 0 Å². The molecule has 1 heterocycles. The van der Waals surface area contributed by atoms with Crippen LogP contribution in [0.5, 0.6) is 11.5 Å². The summed E-state index contributed by atoms with van der Waals surface area (Å²) in [6.45, 7) is 8.13. The zero-order chi connectivity index (χ0) is 21.3. The second-order valence-corrected chi connectivity index (χ2v) is 8.66. The van der Waals surface area contributed by atoms with Crippen molar-refractivity contribution in [3.8, 4) is 11.5 Å². The molecule has 0 saturated heterocycles. The summed E-state index contributed by atoms with van der Waals surface area (Å²) in [4.78, 5) is 13.2. The third-order valence-electron chi connectivity index (χ3n) is 5.63. The van der Waals surface area contributed by atoms with Gasteiger partial charge in [0.05, 0.1) is 6.04 Å². The standard InChI is InChI=1S/C26H29NO3/c1-5-22(29-23-12-8-10-18-9-6-7-11-19(18)23)25(28)27-21-16-26(3,4)30-24-15-17(2)13-14-20(21)24/h6-15,21-22H,5,16H2,1-4H3,(H,27,28)/t21-,22+/m1/s1. The number of benzene rings is 3. The van der Waals surface area contributed by atoms with E-state index in [-0.39, 0.29) is 17.6 Å². The van der Waals surface area contributed by atoms with E-state index in [4.69, 9.17) is 9.47 Å². The lowest BCUT2D eigenvalue weighted by Gasteiger charge is -2.38. The molecule has 156 valence electrons. The highest BCUT2D eigenvalue weighted by Crippen LogP contribution is 2.40. The largest absolute Gasteiger partial charge is 0.487 e. The summed E-state index contributed by atoms with van der Waals surface area (Å²) in [7, 11) is 0. The summed E-state index contributed by atoms with van der Waals surface area (Å²) < 4.78 is 12.4. The Morgan fingerprint density at radius 2 is 1.93 bits per heavy atom. The van der Waals surface area contributed by atoms with Crippen molar-refractivity contribution >= 4 is 16.7 Å². The minimum absolute atomic E-state index is 0.0975. The fourth-order valence-electron chi connectivity index (χ4n) is 4.13. The quantitative estimate of drug-likeness (QED) is 0.592. The molecule has 4 nitrogen and oxygen atoms in total. The van der Waals surface area contributed by atoms with Crippen LogP contribution in [0.25, 0.3) is 10.8 Å². The lowest BCUT2D eigenvalue weighted by Crippen LogP contribution is -2.45. The summed E-state index contributed by atoms with van der Waals surface area (Å²) in [5, 5.41) is 5.34. The molecule has 3 aromatic carbocycles. The van der Waals surface area contributed by atoms with Gasteiger partial charge < -0.3 is 14.8 Å². The van der Waals surface area contributed by atoms with Gasteiger partial charge in [-0.25, -0.2) is 0 Å². The number of hydrogen-bond donors (Lipinski definition) is 1. The fourth-order valence-corrected chi connectivity index (χ4v) is 4.13. The number of aryl methyl sites for hydroxylation is 1. The first-order valence-electron chi connectivity index (χ1n) is 10.6. The van der Waals surface area contributed by atoms with Crippen molar-refractivity contribution < 1.29 is 14.3 Å². The van der Waals surface area contributed by atoms with Gasteiger partial charge in [0.1, 0.15) is 17.1 Å². The molecule has 1 aliphatic heterocycles. The highest BCUT2D eigenvalue weighted by Gasteiger charge is 2.35. The number of nitrogens with one attached hydrogen (secondary N) is 1. The van der Waals surface area contributed by atoms with Gasteiger partial charge in [-0.05, 0) is 50.3 Å². The number of hydrogen-bond acceptors (Lipinski definition) is 3. The topological polar surface area (TPSA) is 47.6 Å². The Balaban J connectivity index is 1.56. The predicted octanol–water partition coefficient (Wildman–Crippen LogP) is 5.72. The first kappa shape index (κ1) is 20.3. The minimum atomic E-state index is -0.560. The summed E-state index contributed by atoms with van der Waals surface area (Å²) in [6.07, 6.45) is 0.734. The molecule has 1 amide bonds. The Kier molecular flexibility index (Phi) is 5.42. The molecule has 0 unspecified atom stereocenters. The number of fused-ring (bicyclic) bond motifs is 2. The lowest BCUT2D eigenvalue weighted by atomic mass is 9.89. The first-order valence-corrected chi connectivity index (χ1v) is 10.6. The average Bonchev–Trinajstić information content (AvgIpc) is 2.70. The molecular weight excluding hydrogens is 374 g/mol. The van der Waals surface area contributed by atoms with Crippen LogP contribution in [0, 0.1) is 6.92 Å². The molecule has 0 saturated carbocycles. The maximum absolute atomic E-state index is 13.2. The molecule has 0 fully saturated rings. The maximum atomic E-state index is 13.2. The van der Waals surface area contributed by atoms with E-state index < -0.39 is 6.10 Å². The summed E-state index contributed by atoms with van der Waals surface area (Å²) in [5.74, 6) is 1.48. The molecule has 3 aromatic rings. The van der Waals surface area contributed by atoms with Crippen LogP contribution in [0.4, 0.5) is 0 Å². The van der Waals surface area contributed by atoms with E-state index in [1.54, 1.807) is 0 Å². The smallest absolute Gasteiger partial charge is 0.261 e. The van der Waals surface area contributed by atoms with Crippen LogP contribution in [0.3, 0.4) is 0 Å². The Hall–Kier alpha value is -3.01. The van der Waals surface area contributed by atoms with Crippen LogP contribution in [0.15, 0.2) is 60.7 Å². The summed E-state index contributed by atoms with van der Waals surface area (Å²) in [6, 6.07) is 20.0. The highest BCUT2D eigenvalue weighted by atomic mass is 16.5. The van der Waals surface area contributed by atoms with Gasteiger partial charge in [-0.1, -0.05) is 55.5 Å². The van der Waals surface area contributed by atoms with Gasteiger partial charge in [0, 0.05) is 17.4 Å². The van der Waals surface area contributed by atoms with Crippen molar-refractivity contribution in [3.63, 3.8) is 0 Å². The van der Waals surface area contributed by atoms with E-state index in [9.17, 15) is 4.79 Å². The zero-order valence-electron chi connectivity index (χ0n) is 18.1. The molecule has 0 radical (unpaired) electrons. The number of carbonyl (C=O) groups excluding carboxylic acids is 1. The third kappa shape index (κ3) is 4.13. The molecule has 4 rings (SSSR count).